The molecule has 0 heterocycles. The van der Waals surface area contributed by atoms with Gasteiger partial charge in [-0.3, -0.25) is 0 Å². The van der Waals surface area contributed by atoms with Gasteiger partial charge in [-0.1, -0.05) is 38.9 Å². The van der Waals surface area contributed by atoms with Gasteiger partial charge in [-0.2, -0.15) is 0 Å². The summed E-state index contributed by atoms with van der Waals surface area (Å²) in [6, 6.07) is 2.29. The maximum Gasteiger partial charge on any atom is 0.330 e. The molecule has 0 aliphatic carbocycles. The van der Waals surface area contributed by atoms with Gasteiger partial charge >= 0.3 is 14.5 Å². The predicted molar refractivity (Wildman–Crippen MR) is 104 cm³/mol. The molecule has 0 N–H and O–H groups in total. The highest BCUT2D eigenvalue weighted by Gasteiger charge is 2.34. The summed E-state index contributed by atoms with van der Waals surface area (Å²) in [6.45, 7) is 17.3. The van der Waals surface area contributed by atoms with Gasteiger partial charge in [0.05, 0.1) is 15.4 Å². The number of ether oxygens (including phenoxy) is 1. The number of hydrogen-bond donors (Lipinski definition) is 0. The minimum absolute atomic E-state index is 0.340. The zero-order valence-electron chi connectivity index (χ0n) is 15.9. The fraction of sp³-hybridized carbons (Fsp3) is 0.812. The molecule has 0 unspecified atom stereocenters. The van der Waals surface area contributed by atoms with Crippen molar-refractivity contribution in [3.8, 4) is 0 Å². The summed E-state index contributed by atoms with van der Waals surface area (Å²) in [5.74, 6) is -0.340. The Morgan fingerprint density at radius 3 is 2.43 bits per heavy atom. The van der Waals surface area contributed by atoms with Gasteiger partial charge in [-0.15, -0.1) is 0 Å². The third-order valence-electron chi connectivity index (χ3n) is 3.48. The summed E-state index contributed by atoms with van der Waals surface area (Å²) in [5.41, 5.74) is 0. The monoisotopic (exact) mass is 375 g/mol. The molecule has 0 fully saturated rings. The van der Waals surface area contributed by atoms with Crippen LogP contribution in [0.5, 0.6) is 0 Å². The smallest absolute Gasteiger partial charge is 0.330 e. The molecule has 135 valence electrons. The molecule has 0 aromatic rings. The van der Waals surface area contributed by atoms with Crippen LogP contribution >= 0.6 is 0 Å². The third-order valence-corrected chi connectivity index (χ3v) is 12.2. The number of unbranched alkanes of at least 4 members (excludes halogenated alkanes) is 1. The average Bonchev–Trinajstić information content (AvgIpc) is 2.46. The molecule has 0 spiro atoms. The second-order valence-electron chi connectivity index (χ2n) is 7.09. The van der Waals surface area contributed by atoms with Crippen molar-refractivity contribution in [2.75, 3.05) is 12.8 Å². The minimum atomic E-state index is -2.03. The van der Waals surface area contributed by atoms with Gasteiger partial charge in [-0.25, -0.2) is 4.79 Å². The van der Waals surface area contributed by atoms with E-state index in [1.807, 2.05) is 0 Å². The lowest BCUT2D eigenvalue weighted by atomic mass is 10.4. The highest BCUT2D eigenvalue weighted by atomic mass is 28.4. The first-order valence-electron chi connectivity index (χ1n) is 8.56. The summed E-state index contributed by atoms with van der Waals surface area (Å²) >= 11 is 0. The predicted octanol–water partition coefficient (Wildman–Crippen LogP) is 4.51. The highest BCUT2D eigenvalue weighted by Crippen LogP contribution is 2.21. The first-order chi connectivity index (χ1) is 10.6. The maximum atomic E-state index is 11.0. The van der Waals surface area contributed by atoms with Gasteiger partial charge in [0.15, 0.2) is 8.32 Å². The molecule has 0 aliphatic heterocycles. The molecular weight excluding hydrogens is 340 g/mol. The molecule has 0 rings (SSSR count). The molecule has 7 heteroatoms. The lowest BCUT2D eigenvalue weighted by molar-refractivity contribution is -0.137. The van der Waals surface area contributed by atoms with E-state index in [1.54, 1.807) is 0 Å². The third kappa shape index (κ3) is 12.8. The topological polar surface area (TPSA) is 44.8 Å². The van der Waals surface area contributed by atoms with E-state index in [0.717, 1.165) is 18.7 Å². The minimum Gasteiger partial charge on any atom is -0.463 e. The first kappa shape index (κ1) is 22.8. The number of carbonyl (C=O) groups is 1. The van der Waals surface area contributed by atoms with Gasteiger partial charge in [0.1, 0.15) is 0 Å². The Labute approximate surface area is 146 Å². The molecule has 0 bridgehead atoms. The number of rotatable bonds is 13. The van der Waals surface area contributed by atoms with Gasteiger partial charge in [0, 0.05) is 12.3 Å². The zero-order chi connectivity index (χ0) is 17.9. The van der Waals surface area contributed by atoms with Crippen LogP contribution < -0.4 is 0 Å². The summed E-state index contributed by atoms with van der Waals surface area (Å²) in [6.07, 6.45) is 5.39. The summed E-state index contributed by atoms with van der Waals surface area (Å²) in [5, 5.41) is 0. The van der Waals surface area contributed by atoms with Crippen molar-refractivity contribution < 1.29 is 18.1 Å². The highest BCUT2D eigenvalue weighted by molar-refractivity contribution is 6.82. The van der Waals surface area contributed by atoms with E-state index in [1.165, 1.54) is 25.0 Å². The lowest BCUT2D eigenvalue weighted by Gasteiger charge is -2.34. The van der Waals surface area contributed by atoms with E-state index < -0.39 is 25.7 Å². The van der Waals surface area contributed by atoms with E-state index in [-0.39, 0.29) is 5.97 Å². The fourth-order valence-electron chi connectivity index (χ4n) is 2.32. The van der Waals surface area contributed by atoms with Crippen molar-refractivity contribution >= 4 is 31.6 Å². The van der Waals surface area contributed by atoms with Crippen molar-refractivity contribution in [3.05, 3.63) is 12.7 Å². The summed E-state index contributed by atoms with van der Waals surface area (Å²) in [7, 11) is -4.20. The lowest BCUT2D eigenvalue weighted by Crippen LogP contribution is -2.47. The van der Waals surface area contributed by atoms with E-state index in [4.69, 9.17) is 13.3 Å². The van der Waals surface area contributed by atoms with Crippen LogP contribution in [0.25, 0.3) is 0 Å². The van der Waals surface area contributed by atoms with Gasteiger partial charge in [0.2, 0.25) is 0 Å². The van der Waals surface area contributed by atoms with E-state index in [2.05, 4.69) is 46.2 Å². The Kier molecular flexibility index (Phi) is 11.2. The molecule has 0 aromatic heterocycles. The average molecular weight is 376 g/mol. The molecule has 1 radical (unpaired) electrons. The molecule has 0 saturated heterocycles. The Morgan fingerprint density at radius 1 is 1.22 bits per heavy atom. The maximum absolute atomic E-state index is 11.0. The Bertz CT molecular complexity index is 359. The molecule has 0 atom stereocenters. The fourth-order valence-corrected chi connectivity index (χ4v) is 12.8. The molecular formula is C16H35O4Si3. The SMILES string of the molecule is C=CC(=O)OCCC[Si](C)CO[Si](C)(C)O[Si](C)(C)CCCC. The first-order valence-corrected chi connectivity index (χ1v) is 16.9. The van der Waals surface area contributed by atoms with Crippen LogP contribution in [-0.2, 0) is 18.1 Å². The molecule has 23 heavy (non-hydrogen) atoms. The summed E-state index contributed by atoms with van der Waals surface area (Å²) < 4.78 is 17.6. The summed E-state index contributed by atoms with van der Waals surface area (Å²) in [4.78, 5) is 11.0. The van der Waals surface area contributed by atoms with Crippen molar-refractivity contribution in [2.24, 2.45) is 0 Å². The normalized spacial score (nSPS) is 12.5. The van der Waals surface area contributed by atoms with Gasteiger partial charge in [0.25, 0.3) is 0 Å². The van der Waals surface area contributed by atoms with Crippen LogP contribution in [0, 0.1) is 0 Å². The van der Waals surface area contributed by atoms with E-state index >= 15 is 0 Å². The van der Waals surface area contributed by atoms with Crippen molar-refractivity contribution in [3.63, 3.8) is 0 Å². The van der Waals surface area contributed by atoms with Crippen LogP contribution in [0.2, 0.25) is 44.8 Å². The van der Waals surface area contributed by atoms with Crippen LogP contribution in [-0.4, -0.2) is 44.5 Å². The Hall–Kier alpha value is -0.219. The number of esters is 1. The van der Waals surface area contributed by atoms with Crippen LogP contribution in [0.4, 0.5) is 0 Å². The molecule has 0 aliphatic rings. The molecule has 4 nitrogen and oxygen atoms in total. The molecule has 0 saturated carbocycles. The van der Waals surface area contributed by atoms with E-state index in [9.17, 15) is 4.79 Å². The van der Waals surface area contributed by atoms with Crippen LogP contribution in [0.3, 0.4) is 0 Å². The second-order valence-corrected chi connectivity index (χ2v) is 17.7. The van der Waals surface area contributed by atoms with Crippen molar-refractivity contribution in [1.29, 1.82) is 0 Å². The number of hydrogen-bond acceptors (Lipinski definition) is 4. The number of carbonyl (C=O) groups excluding carboxylic acids is 1. The largest absolute Gasteiger partial charge is 0.463 e. The zero-order valence-corrected chi connectivity index (χ0v) is 18.9. The Morgan fingerprint density at radius 2 is 1.87 bits per heavy atom. The van der Waals surface area contributed by atoms with Crippen LogP contribution in [0.1, 0.15) is 26.2 Å². The van der Waals surface area contributed by atoms with Crippen LogP contribution in [0.15, 0.2) is 12.7 Å². The Balaban J connectivity index is 4.02. The van der Waals surface area contributed by atoms with Crippen molar-refractivity contribution in [1.82, 2.24) is 0 Å². The van der Waals surface area contributed by atoms with Crippen molar-refractivity contribution in [2.45, 2.75) is 71.0 Å². The molecule has 0 amide bonds. The second kappa shape index (κ2) is 11.4. The standard InChI is InChI=1S/C16H35O4Si3/c1-8-10-14-22(4,5)20-23(6,7)19-15-21(3)13-11-12-18-16(17)9-2/h9H,2,8,10-15H2,1,3-7H3. The van der Waals surface area contributed by atoms with E-state index in [0.29, 0.717) is 6.61 Å². The quantitative estimate of drug-likeness (QED) is 0.206. The van der Waals surface area contributed by atoms with Gasteiger partial charge < -0.3 is 13.3 Å². The van der Waals surface area contributed by atoms with Gasteiger partial charge in [-0.05, 0) is 38.7 Å². The molecule has 0 aromatic carbocycles.